The molecule has 0 atom stereocenters. The Bertz CT molecular complexity index is 525. The molecule has 2 rings (SSSR count). The minimum Gasteiger partial charge on any atom is -1.00 e. The second-order valence-electron chi connectivity index (χ2n) is 5.24. The van der Waals surface area contributed by atoms with Crippen molar-refractivity contribution in [1.29, 1.82) is 0 Å². The topological polar surface area (TPSA) is 0 Å². The molecule has 0 aliphatic rings. The van der Waals surface area contributed by atoms with Crippen LogP contribution in [0.25, 0.3) is 0 Å². The molecule has 6 heteroatoms. The maximum atomic E-state index is 2.50. The van der Waals surface area contributed by atoms with Gasteiger partial charge in [-0.15, -0.1) is 0 Å². The first kappa shape index (κ1) is 34.2. The molecule has 2 aromatic rings. The Morgan fingerprint density at radius 2 is 1.15 bits per heavy atom. The SMILES string of the molecule is CCCC=C(CCC)P(c1ccccc1)c1ccccc1.[Cl-].[Cl-].[Cl-].[Cl-].[Zr+4]. The van der Waals surface area contributed by atoms with Crippen LogP contribution in [-0.4, -0.2) is 0 Å². The Morgan fingerprint density at radius 1 is 0.731 bits per heavy atom. The van der Waals surface area contributed by atoms with Crippen LogP contribution in [0.4, 0.5) is 0 Å². The van der Waals surface area contributed by atoms with Gasteiger partial charge in [-0.25, -0.2) is 0 Å². The molecule has 0 saturated carbocycles. The summed E-state index contributed by atoms with van der Waals surface area (Å²) in [5.41, 5.74) is 0. The third kappa shape index (κ3) is 10.9. The van der Waals surface area contributed by atoms with Gasteiger partial charge in [0.2, 0.25) is 0 Å². The number of halogens is 4. The maximum Gasteiger partial charge on any atom is 4.00 e. The third-order valence-corrected chi connectivity index (χ3v) is 6.10. The Kier molecular flexibility index (Phi) is 26.8. The molecule has 0 amide bonds. The summed E-state index contributed by atoms with van der Waals surface area (Å²) in [6.07, 6.45) is 7.33. The van der Waals surface area contributed by atoms with Crippen molar-refractivity contribution in [2.24, 2.45) is 0 Å². The molecule has 0 aliphatic heterocycles. The molecular weight excluding hydrogens is 504 g/mol. The van der Waals surface area contributed by atoms with E-state index in [1.54, 1.807) is 5.31 Å². The predicted octanol–water partition coefficient (Wildman–Crippen LogP) is -6.38. The van der Waals surface area contributed by atoms with Crippen molar-refractivity contribution in [1.82, 2.24) is 0 Å². The van der Waals surface area contributed by atoms with E-state index in [-0.39, 0.29) is 83.8 Å². The van der Waals surface area contributed by atoms with Gasteiger partial charge in [0.1, 0.15) is 0 Å². The van der Waals surface area contributed by atoms with Crippen molar-refractivity contribution in [3.63, 3.8) is 0 Å². The third-order valence-electron chi connectivity index (χ3n) is 3.49. The van der Waals surface area contributed by atoms with Crippen LogP contribution in [-0.2, 0) is 26.2 Å². The molecule has 0 radical (unpaired) electrons. The van der Waals surface area contributed by atoms with Crippen LogP contribution >= 0.6 is 7.92 Å². The average Bonchev–Trinajstić information content (AvgIpc) is 2.55. The maximum absolute atomic E-state index is 2.50. The van der Waals surface area contributed by atoms with Crippen LogP contribution in [0.2, 0.25) is 0 Å². The zero-order chi connectivity index (χ0) is 14.9. The number of benzene rings is 2. The van der Waals surface area contributed by atoms with E-state index in [2.05, 4.69) is 80.6 Å². The molecule has 0 heterocycles. The van der Waals surface area contributed by atoms with Gasteiger partial charge >= 0.3 is 26.2 Å². The summed E-state index contributed by atoms with van der Waals surface area (Å²) >= 11 is 0. The zero-order valence-corrected chi connectivity index (χ0v) is 21.5. The van der Waals surface area contributed by atoms with Gasteiger partial charge in [0.15, 0.2) is 0 Å². The number of hydrogen-bond acceptors (Lipinski definition) is 0. The van der Waals surface area contributed by atoms with Crippen molar-refractivity contribution < 1.29 is 75.8 Å². The van der Waals surface area contributed by atoms with Crippen LogP contribution in [0.5, 0.6) is 0 Å². The predicted molar refractivity (Wildman–Crippen MR) is 97.0 cm³/mol. The molecule has 0 unspecified atom stereocenters. The number of allylic oxidation sites excluding steroid dienone is 2. The van der Waals surface area contributed by atoms with Crippen LogP contribution in [0.3, 0.4) is 0 Å². The monoisotopic (exact) mass is 526 g/mol. The molecule has 0 saturated heterocycles. The molecule has 0 fully saturated rings. The summed E-state index contributed by atoms with van der Waals surface area (Å²) < 4.78 is 0. The van der Waals surface area contributed by atoms with E-state index < -0.39 is 0 Å². The fraction of sp³-hybridized carbons (Fsp3) is 0.300. The zero-order valence-electron chi connectivity index (χ0n) is 15.1. The largest absolute Gasteiger partial charge is 4.00 e. The van der Waals surface area contributed by atoms with Crippen molar-refractivity contribution >= 4 is 18.5 Å². The van der Waals surface area contributed by atoms with Gasteiger partial charge in [0.25, 0.3) is 0 Å². The van der Waals surface area contributed by atoms with Crippen LogP contribution in [0, 0.1) is 0 Å². The Balaban J connectivity index is -0.000000484. The molecule has 0 N–H and O–H groups in total. The van der Waals surface area contributed by atoms with Crippen molar-refractivity contribution in [3.05, 3.63) is 72.1 Å². The Morgan fingerprint density at radius 3 is 1.50 bits per heavy atom. The van der Waals surface area contributed by atoms with Crippen LogP contribution in [0.15, 0.2) is 72.1 Å². The van der Waals surface area contributed by atoms with Crippen molar-refractivity contribution in [2.45, 2.75) is 39.5 Å². The molecule has 142 valence electrons. The van der Waals surface area contributed by atoms with Crippen molar-refractivity contribution in [2.75, 3.05) is 0 Å². The van der Waals surface area contributed by atoms with E-state index in [1.807, 2.05) is 0 Å². The summed E-state index contributed by atoms with van der Waals surface area (Å²) in [4.78, 5) is 0. The fourth-order valence-electron chi connectivity index (χ4n) is 2.51. The quantitative estimate of drug-likeness (QED) is 0.314. The van der Waals surface area contributed by atoms with Crippen LogP contribution in [0.1, 0.15) is 39.5 Å². The standard InChI is InChI=1S/C20H25P.4ClH.Zr/c1-3-5-13-18(12-4-2)21(19-14-8-6-9-15-19)20-16-10-7-11-17-20;;;;;/h6-11,13-17H,3-5,12H2,1-2H3;4*1H;/q;;;;;+4/p-4. The van der Waals surface area contributed by atoms with Gasteiger partial charge in [-0.1, -0.05) is 93.4 Å². The molecule has 2 aromatic carbocycles. The Labute approximate surface area is 204 Å². The van der Waals surface area contributed by atoms with E-state index in [9.17, 15) is 0 Å². The molecule has 0 nitrogen and oxygen atoms in total. The molecular formula is C20H25Cl4PZr. The summed E-state index contributed by atoms with van der Waals surface area (Å²) in [5.74, 6) is 0. The van der Waals surface area contributed by atoms with E-state index in [0.717, 1.165) is 0 Å². The van der Waals surface area contributed by atoms with Gasteiger partial charge in [-0.05, 0) is 36.7 Å². The minimum absolute atomic E-state index is 0. The van der Waals surface area contributed by atoms with Crippen molar-refractivity contribution in [3.8, 4) is 0 Å². The second kappa shape index (κ2) is 20.4. The number of hydrogen-bond donors (Lipinski definition) is 0. The number of unbranched alkanes of at least 4 members (excludes halogenated alkanes) is 1. The van der Waals surface area contributed by atoms with E-state index in [1.165, 1.54) is 36.3 Å². The molecule has 26 heavy (non-hydrogen) atoms. The first-order chi connectivity index (χ1) is 10.4. The van der Waals surface area contributed by atoms with Gasteiger partial charge in [-0.2, -0.15) is 0 Å². The normalized spacial score (nSPS) is 9.58. The summed E-state index contributed by atoms with van der Waals surface area (Å²) in [5, 5.41) is 4.57. The minimum atomic E-state index is -0.371. The Hall–Kier alpha value is 0.653. The molecule has 0 aliphatic carbocycles. The first-order valence-electron chi connectivity index (χ1n) is 7.96. The smallest absolute Gasteiger partial charge is 1.00 e. The molecule has 0 aromatic heterocycles. The second-order valence-corrected chi connectivity index (χ2v) is 7.52. The first-order valence-corrected chi connectivity index (χ1v) is 9.30. The van der Waals surface area contributed by atoms with E-state index in [4.69, 9.17) is 0 Å². The van der Waals surface area contributed by atoms with E-state index >= 15 is 0 Å². The van der Waals surface area contributed by atoms with E-state index in [0.29, 0.717) is 0 Å². The molecule has 0 spiro atoms. The average molecular weight is 529 g/mol. The van der Waals surface area contributed by atoms with Crippen LogP contribution < -0.4 is 60.2 Å². The van der Waals surface area contributed by atoms with Gasteiger partial charge in [0.05, 0.1) is 0 Å². The molecule has 0 bridgehead atoms. The van der Waals surface area contributed by atoms with Gasteiger partial charge in [-0.3, -0.25) is 0 Å². The van der Waals surface area contributed by atoms with Gasteiger partial charge < -0.3 is 49.6 Å². The summed E-state index contributed by atoms with van der Waals surface area (Å²) in [7, 11) is -0.371. The summed E-state index contributed by atoms with van der Waals surface area (Å²) in [6.45, 7) is 4.54. The van der Waals surface area contributed by atoms with Gasteiger partial charge in [0, 0.05) is 0 Å². The fourth-order valence-corrected chi connectivity index (χ4v) is 5.17. The summed E-state index contributed by atoms with van der Waals surface area (Å²) in [6, 6.07) is 22.0. The number of rotatable bonds is 7.